The highest BCUT2D eigenvalue weighted by molar-refractivity contribution is 7.89. The average Bonchev–Trinajstić information content (AvgIpc) is 3.41. The molecule has 0 bridgehead atoms. The molecule has 3 rings (SSSR count). The smallest absolute Gasteiger partial charge is 0.243 e. The number of hydrogen-bond acceptors (Lipinski definition) is 4. The quantitative estimate of drug-likeness (QED) is 0.772. The maximum absolute atomic E-state index is 13.0. The monoisotopic (exact) mass is 393 g/mol. The van der Waals surface area contributed by atoms with Crippen molar-refractivity contribution in [1.29, 1.82) is 0 Å². The molecule has 27 heavy (non-hydrogen) atoms. The molecule has 2 fully saturated rings. The molecule has 1 aromatic rings. The lowest BCUT2D eigenvalue weighted by molar-refractivity contribution is -0.117. The first kappa shape index (κ1) is 20.1. The number of nitrogens with zero attached hydrogens (tertiary/aromatic N) is 2. The number of benzene rings is 1. The number of amides is 1. The lowest BCUT2D eigenvalue weighted by Crippen LogP contribution is -2.35. The average molecular weight is 394 g/mol. The summed E-state index contributed by atoms with van der Waals surface area (Å²) in [6.07, 6.45) is 3.78. The van der Waals surface area contributed by atoms with Gasteiger partial charge in [-0.1, -0.05) is 13.3 Å². The van der Waals surface area contributed by atoms with E-state index in [9.17, 15) is 13.2 Å². The summed E-state index contributed by atoms with van der Waals surface area (Å²) in [5.74, 6) is 0.433. The third kappa shape index (κ3) is 4.29. The second-order valence-corrected chi connectivity index (χ2v) is 9.56. The van der Waals surface area contributed by atoms with Crippen LogP contribution in [0.3, 0.4) is 0 Å². The minimum Gasteiger partial charge on any atom is -0.370 e. The van der Waals surface area contributed by atoms with Crippen LogP contribution >= 0.6 is 0 Å². The van der Waals surface area contributed by atoms with Gasteiger partial charge in [0.15, 0.2) is 0 Å². The van der Waals surface area contributed by atoms with Crippen LogP contribution in [0.15, 0.2) is 23.1 Å². The molecule has 1 aliphatic carbocycles. The minimum absolute atomic E-state index is 0.0107. The highest BCUT2D eigenvalue weighted by Gasteiger charge is 2.39. The summed E-state index contributed by atoms with van der Waals surface area (Å²) in [5, 5.41) is 3.00. The van der Waals surface area contributed by atoms with Gasteiger partial charge in [-0.15, -0.1) is 0 Å². The molecular weight excluding hydrogens is 362 g/mol. The van der Waals surface area contributed by atoms with Crippen LogP contribution in [0.4, 0.5) is 11.4 Å². The molecule has 150 valence electrons. The molecule has 1 aliphatic heterocycles. The van der Waals surface area contributed by atoms with Crippen LogP contribution < -0.4 is 10.2 Å². The van der Waals surface area contributed by atoms with E-state index in [2.05, 4.69) is 31.0 Å². The Kier molecular flexibility index (Phi) is 6.11. The Balaban J connectivity index is 1.94. The zero-order chi connectivity index (χ0) is 19.6. The first-order chi connectivity index (χ1) is 12.9. The topological polar surface area (TPSA) is 69.7 Å². The summed E-state index contributed by atoms with van der Waals surface area (Å²) in [7, 11) is -3.53. The Labute approximate surface area is 163 Å². The van der Waals surface area contributed by atoms with E-state index in [1.807, 2.05) is 6.07 Å². The van der Waals surface area contributed by atoms with Gasteiger partial charge < -0.3 is 10.2 Å². The van der Waals surface area contributed by atoms with Crippen LogP contribution in [0.5, 0.6) is 0 Å². The molecule has 1 amide bonds. The Morgan fingerprint density at radius 2 is 1.81 bits per heavy atom. The highest BCUT2D eigenvalue weighted by Crippen LogP contribution is 2.39. The van der Waals surface area contributed by atoms with Gasteiger partial charge >= 0.3 is 0 Å². The predicted molar refractivity (Wildman–Crippen MR) is 109 cm³/mol. The molecule has 7 heteroatoms. The van der Waals surface area contributed by atoms with Crippen LogP contribution in [0, 0.1) is 11.8 Å². The number of anilines is 2. The molecule has 1 N–H and O–H groups in total. The Morgan fingerprint density at radius 3 is 2.37 bits per heavy atom. The molecule has 1 aromatic carbocycles. The molecule has 2 unspecified atom stereocenters. The van der Waals surface area contributed by atoms with Gasteiger partial charge in [-0.05, 0) is 57.2 Å². The van der Waals surface area contributed by atoms with Crippen LogP contribution in [0.1, 0.15) is 46.5 Å². The van der Waals surface area contributed by atoms with Crippen LogP contribution in [0.2, 0.25) is 0 Å². The van der Waals surface area contributed by atoms with E-state index in [0.717, 1.165) is 44.5 Å². The molecule has 1 heterocycles. The first-order valence-electron chi connectivity index (χ1n) is 10.1. The number of rotatable bonds is 7. The van der Waals surface area contributed by atoms with Crippen LogP contribution in [0.25, 0.3) is 0 Å². The predicted octanol–water partition coefficient (Wildman–Crippen LogP) is 3.30. The summed E-state index contributed by atoms with van der Waals surface area (Å²) >= 11 is 0. The van der Waals surface area contributed by atoms with Crippen molar-refractivity contribution in [2.45, 2.75) is 51.3 Å². The molecule has 2 aliphatic rings. The van der Waals surface area contributed by atoms with Gasteiger partial charge in [-0.25, -0.2) is 8.42 Å². The largest absolute Gasteiger partial charge is 0.370 e. The van der Waals surface area contributed by atoms with E-state index < -0.39 is 10.0 Å². The number of carbonyl (C=O) groups excluding carboxylic acids is 1. The van der Waals surface area contributed by atoms with Crippen molar-refractivity contribution in [2.75, 3.05) is 36.4 Å². The molecule has 1 saturated carbocycles. The van der Waals surface area contributed by atoms with Crippen molar-refractivity contribution < 1.29 is 13.2 Å². The van der Waals surface area contributed by atoms with Crippen molar-refractivity contribution in [2.24, 2.45) is 11.8 Å². The number of carbonyl (C=O) groups is 1. The zero-order valence-corrected chi connectivity index (χ0v) is 17.4. The van der Waals surface area contributed by atoms with Gasteiger partial charge in [-0.3, -0.25) is 4.79 Å². The lowest BCUT2D eigenvalue weighted by atomic mass is 10.2. The molecule has 2 atom stereocenters. The molecule has 6 nitrogen and oxygen atoms in total. The fourth-order valence-corrected chi connectivity index (χ4v) is 5.33. The van der Waals surface area contributed by atoms with Crippen molar-refractivity contribution in [3.8, 4) is 0 Å². The van der Waals surface area contributed by atoms with Crippen molar-refractivity contribution in [3.05, 3.63) is 18.2 Å². The highest BCUT2D eigenvalue weighted by atomic mass is 32.2. The molecule has 1 saturated heterocycles. The van der Waals surface area contributed by atoms with Gasteiger partial charge in [0.2, 0.25) is 15.9 Å². The fraction of sp³-hybridized carbons (Fsp3) is 0.650. The van der Waals surface area contributed by atoms with E-state index in [4.69, 9.17) is 0 Å². The minimum atomic E-state index is -3.53. The van der Waals surface area contributed by atoms with E-state index in [-0.39, 0.29) is 16.7 Å². The number of sulfonamides is 1. The van der Waals surface area contributed by atoms with Crippen LogP contribution in [-0.4, -0.2) is 44.8 Å². The fourth-order valence-electron chi connectivity index (χ4n) is 3.78. The Hall–Kier alpha value is -1.60. The van der Waals surface area contributed by atoms with Gasteiger partial charge in [0.05, 0.1) is 16.3 Å². The number of hydrogen-bond donors (Lipinski definition) is 1. The summed E-state index contributed by atoms with van der Waals surface area (Å²) in [5.41, 5.74) is 1.47. The van der Waals surface area contributed by atoms with Gasteiger partial charge in [0.1, 0.15) is 0 Å². The standard InChI is InChI=1S/C20H31N3O3S/c1-4-22(5-2)19-10-9-16(27(25,26)23-11-7-6-8-12-23)14-18(19)21-20(24)17-13-15(17)3/h9-10,14-15,17H,4-8,11-13H2,1-3H3,(H,21,24). The maximum atomic E-state index is 13.0. The van der Waals surface area contributed by atoms with E-state index in [1.54, 1.807) is 16.4 Å². The Bertz CT molecular complexity index is 784. The summed E-state index contributed by atoms with van der Waals surface area (Å²) in [6.45, 7) is 8.89. The van der Waals surface area contributed by atoms with E-state index in [0.29, 0.717) is 24.7 Å². The number of nitrogens with one attached hydrogen (secondary N) is 1. The van der Waals surface area contributed by atoms with Gasteiger partial charge in [-0.2, -0.15) is 4.31 Å². The molecule has 0 radical (unpaired) electrons. The normalized spacial score (nSPS) is 23.1. The van der Waals surface area contributed by atoms with Gasteiger partial charge in [0.25, 0.3) is 0 Å². The third-order valence-electron chi connectivity index (χ3n) is 5.73. The summed E-state index contributed by atoms with van der Waals surface area (Å²) in [4.78, 5) is 14.9. The SMILES string of the molecule is CCN(CC)c1ccc(S(=O)(=O)N2CCCCC2)cc1NC(=O)C1CC1C. The molecular formula is C20H31N3O3S. The lowest BCUT2D eigenvalue weighted by Gasteiger charge is -2.28. The zero-order valence-electron chi connectivity index (χ0n) is 16.6. The second kappa shape index (κ2) is 8.19. The van der Waals surface area contributed by atoms with Gasteiger partial charge in [0, 0.05) is 32.1 Å². The third-order valence-corrected chi connectivity index (χ3v) is 7.62. The van der Waals surface area contributed by atoms with Crippen molar-refractivity contribution in [3.63, 3.8) is 0 Å². The van der Waals surface area contributed by atoms with E-state index in [1.165, 1.54) is 0 Å². The first-order valence-corrected chi connectivity index (χ1v) is 11.5. The molecule has 0 aromatic heterocycles. The Morgan fingerprint density at radius 1 is 1.19 bits per heavy atom. The van der Waals surface area contributed by atoms with E-state index >= 15 is 0 Å². The molecule has 0 spiro atoms. The van der Waals surface area contributed by atoms with Crippen molar-refractivity contribution in [1.82, 2.24) is 4.31 Å². The van der Waals surface area contributed by atoms with Crippen LogP contribution in [-0.2, 0) is 14.8 Å². The van der Waals surface area contributed by atoms with Crippen molar-refractivity contribution >= 4 is 27.3 Å². The number of piperidine rings is 1. The summed E-state index contributed by atoms with van der Waals surface area (Å²) in [6, 6.07) is 5.14. The maximum Gasteiger partial charge on any atom is 0.243 e. The second-order valence-electron chi connectivity index (χ2n) is 7.62. The summed E-state index contributed by atoms with van der Waals surface area (Å²) < 4.78 is 27.7.